The fourth-order valence-electron chi connectivity index (χ4n) is 0. The summed E-state index contributed by atoms with van der Waals surface area (Å²) in [6.45, 7) is 5.84. The molecule has 1 nitrogen and oxygen atoms in total. The van der Waals surface area contributed by atoms with Gasteiger partial charge in [0.15, 0.2) is 0 Å². The normalized spacial score (nSPS) is 12.0. The molecule has 0 aromatic heterocycles. The zero-order valence-corrected chi connectivity index (χ0v) is 4.71. The standard InChI is InChI=1S/C5H12N/c1-4-5(2,3)6/h6H,4H2,1-3H3. The molecule has 1 N–H and O–H groups in total. The Balaban J connectivity index is 3.17. The van der Waals surface area contributed by atoms with Crippen LogP contribution in [0.3, 0.4) is 0 Å². The van der Waals surface area contributed by atoms with Gasteiger partial charge in [0.1, 0.15) is 0 Å². The van der Waals surface area contributed by atoms with Crippen LogP contribution in [-0.4, -0.2) is 5.54 Å². The maximum atomic E-state index is 7.18. The molecule has 0 spiro atoms. The first-order valence-electron chi connectivity index (χ1n) is 2.31. The van der Waals surface area contributed by atoms with Crippen LogP contribution in [0.4, 0.5) is 0 Å². The topological polar surface area (TPSA) is 23.8 Å². The molecule has 0 aliphatic heterocycles. The molecule has 0 aliphatic carbocycles. The number of hydrogen-bond acceptors (Lipinski definition) is 0. The van der Waals surface area contributed by atoms with Gasteiger partial charge in [-0.05, 0) is 20.3 Å². The van der Waals surface area contributed by atoms with E-state index < -0.39 is 0 Å². The van der Waals surface area contributed by atoms with E-state index in [-0.39, 0.29) is 5.54 Å². The molecule has 0 atom stereocenters. The third-order valence-electron chi connectivity index (χ3n) is 0.884. The van der Waals surface area contributed by atoms with Crippen LogP contribution in [0.15, 0.2) is 0 Å². The minimum absolute atomic E-state index is 0.208. The summed E-state index contributed by atoms with van der Waals surface area (Å²) in [6, 6.07) is 0. The van der Waals surface area contributed by atoms with Crippen molar-refractivity contribution in [3.63, 3.8) is 0 Å². The van der Waals surface area contributed by atoms with Crippen molar-refractivity contribution in [2.24, 2.45) is 0 Å². The van der Waals surface area contributed by atoms with E-state index in [4.69, 9.17) is 5.73 Å². The second-order valence-corrected chi connectivity index (χ2v) is 2.24. The molecule has 0 heterocycles. The third kappa shape index (κ3) is 3.96. The van der Waals surface area contributed by atoms with Crippen LogP contribution in [0.1, 0.15) is 27.2 Å². The lowest BCUT2D eigenvalue weighted by atomic mass is 10.1. The van der Waals surface area contributed by atoms with Gasteiger partial charge in [-0.1, -0.05) is 6.92 Å². The molecule has 0 aromatic rings. The number of rotatable bonds is 1. The van der Waals surface area contributed by atoms with E-state index in [1.807, 2.05) is 20.8 Å². The van der Waals surface area contributed by atoms with E-state index in [9.17, 15) is 0 Å². The fourth-order valence-corrected chi connectivity index (χ4v) is 0. The van der Waals surface area contributed by atoms with Crippen LogP contribution >= 0.6 is 0 Å². The van der Waals surface area contributed by atoms with Crippen LogP contribution in [0.2, 0.25) is 0 Å². The molecular weight excluding hydrogens is 74.1 g/mol. The van der Waals surface area contributed by atoms with Crippen molar-refractivity contribution in [1.82, 2.24) is 5.73 Å². The Morgan fingerprint density at radius 2 is 1.67 bits per heavy atom. The first-order chi connectivity index (χ1) is 2.56. The molecule has 1 radical (unpaired) electrons. The second-order valence-electron chi connectivity index (χ2n) is 2.24. The maximum absolute atomic E-state index is 7.18. The lowest BCUT2D eigenvalue weighted by Gasteiger charge is -2.11. The van der Waals surface area contributed by atoms with Gasteiger partial charge in [0.2, 0.25) is 0 Å². The van der Waals surface area contributed by atoms with Crippen molar-refractivity contribution < 1.29 is 0 Å². The van der Waals surface area contributed by atoms with Gasteiger partial charge in [-0.3, -0.25) is 5.73 Å². The molecule has 0 unspecified atom stereocenters. The third-order valence-corrected chi connectivity index (χ3v) is 0.884. The van der Waals surface area contributed by atoms with Crippen LogP contribution in [0.5, 0.6) is 0 Å². The average Bonchev–Trinajstić information content (AvgIpc) is 1.35. The van der Waals surface area contributed by atoms with Crippen molar-refractivity contribution >= 4 is 0 Å². The minimum Gasteiger partial charge on any atom is -0.252 e. The predicted molar refractivity (Wildman–Crippen MR) is 27.5 cm³/mol. The van der Waals surface area contributed by atoms with Gasteiger partial charge in [-0.15, -0.1) is 0 Å². The van der Waals surface area contributed by atoms with E-state index >= 15 is 0 Å². The Bertz CT molecular complexity index is 33.7. The van der Waals surface area contributed by atoms with Crippen LogP contribution in [0, 0.1) is 0 Å². The molecule has 0 aliphatic rings. The van der Waals surface area contributed by atoms with Gasteiger partial charge in [0, 0.05) is 5.54 Å². The molecule has 0 saturated carbocycles. The lowest BCUT2D eigenvalue weighted by molar-refractivity contribution is 0.483. The van der Waals surface area contributed by atoms with Gasteiger partial charge >= 0.3 is 0 Å². The molecule has 0 aromatic carbocycles. The summed E-state index contributed by atoms with van der Waals surface area (Å²) >= 11 is 0. The van der Waals surface area contributed by atoms with Gasteiger partial charge < -0.3 is 0 Å². The molecular formula is C5H12N. The van der Waals surface area contributed by atoms with Gasteiger partial charge in [-0.2, -0.15) is 0 Å². The van der Waals surface area contributed by atoms with E-state index in [0.717, 1.165) is 6.42 Å². The smallest absolute Gasteiger partial charge is 0.0265 e. The molecule has 0 saturated heterocycles. The summed E-state index contributed by atoms with van der Waals surface area (Å²) in [5, 5.41) is 0. The molecule has 37 valence electrons. The summed E-state index contributed by atoms with van der Waals surface area (Å²) in [5.74, 6) is 0. The quantitative estimate of drug-likeness (QED) is 0.461. The Morgan fingerprint density at radius 1 is 1.50 bits per heavy atom. The summed E-state index contributed by atoms with van der Waals surface area (Å²) < 4.78 is 0. The molecule has 0 bridgehead atoms. The van der Waals surface area contributed by atoms with Crippen molar-refractivity contribution in [2.75, 3.05) is 0 Å². The number of nitrogens with one attached hydrogen (secondary N) is 1. The summed E-state index contributed by atoms with van der Waals surface area (Å²) in [4.78, 5) is 0. The van der Waals surface area contributed by atoms with E-state index in [2.05, 4.69) is 0 Å². The first-order valence-corrected chi connectivity index (χ1v) is 2.31. The lowest BCUT2D eigenvalue weighted by Crippen LogP contribution is -2.18. The van der Waals surface area contributed by atoms with Crippen molar-refractivity contribution in [1.29, 1.82) is 0 Å². The fraction of sp³-hybridized carbons (Fsp3) is 1.00. The van der Waals surface area contributed by atoms with Crippen LogP contribution in [-0.2, 0) is 0 Å². The average molecular weight is 86.2 g/mol. The Hall–Kier alpha value is -0.0400. The molecule has 6 heavy (non-hydrogen) atoms. The Morgan fingerprint density at radius 3 is 1.67 bits per heavy atom. The van der Waals surface area contributed by atoms with Gasteiger partial charge in [0.25, 0.3) is 0 Å². The first kappa shape index (κ1) is 5.96. The highest BCUT2D eigenvalue weighted by molar-refractivity contribution is 4.65. The van der Waals surface area contributed by atoms with E-state index in [1.165, 1.54) is 0 Å². The highest BCUT2D eigenvalue weighted by Crippen LogP contribution is 2.02. The predicted octanol–water partition coefficient (Wildman–Crippen LogP) is 1.46. The van der Waals surface area contributed by atoms with Crippen LogP contribution in [0.25, 0.3) is 0 Å². The zero-order valence-electron chi connectivity index (χ0n) is 4.71. The van der Waals surface area contributed by atoms with E-state index in [0.29, 0.717) is 0 Å². The van der Waals surface area contributed by atoms with Crippen molar-refractivity contribution in [3.05, 3.63) is 0 Å². The van der Waals surface area contributed by atoms with Gasteiger partial charge in [0.05, 0.1) is 0 Å². The van der Waals surface area contributed by atoms with Crippen LogP contribution < -0.4 is 5.73 Å². The highest BCUT2D eigenvalue weighted by atomic mass is 14.7. The Kier molecular flexibility index (Phi) is 1.59. The van der Waals surface area contributed by atoms with Crippen molar-refractivity contribution in [3.8, 4) is 0 Å². The molecule has 0 rings (SSSR count). The molecule has 0 fully saturated rings. The summed E-state index contributed by atoms with van der Waals surface area (Å²) in [7, 11) is 0. The monoisotopic (exact) mass is 86.1 g/mol. The minimum atomic E-state index is -0.208. The highest BCUT2D eigenvalue weighted by Gasteiger charge is 2.04. The summed E-state index contributed by atoms with van der Waals surface area (Å²) in [6.07, 6.45) is 0.938. The van der Waals surface area contributed by atoms with E-state index in [1.54, 1.807) is 0 Å². The largest absolute Gasteiger partial charge is 0.252 e. The Labute approximate surface area is 39.5 Å². The SMILES string of the molecule is CCC(C)(C)[NH]. The van der Waals surface area contributed by atoms with Crippen molar-refractivity contribution in [2.45, 2.75) is 32.7 Å². The summed E-state index contributed by atoms with van der Waals surface area (Å²) in [5.41, 5.74) is 6.97. The molecule has 0 amide bonds. The van der Waals surface area contributed by atoms with Gasteiger partial charge in [-0.25, -0.2) is 0 Å². The zero-order chi connectivity index (χ0) is 5.21. The number of hydrogen-bond donors (Lipinski definition) is 0. The molecule has 1 heteroatoms. The maximum Gasteiger partial charge on any atom is 0.0265 e. The second kappa shape index (κ2) is 1.61.